The summed E-state index contributed by atoms with van der Waals surface area (Å²) in [6.45, 7) is 1.57. The van der Waals surface area contributed by atoms with Crippen LogP contribution in [0.2, 0.25) is 0 Å². The number of nitrogens with two attached hydrogens (primary N) is 1. The lowest BCUT2D eigenvalue weighted by Crippen LogP contribution is -2.42. The predicted octanol–water partition coefficient (Wildman–Crippen LogP) is 4.12. The van der Waals surface area contributed by atoms with Crippen molar-refractivity contribution in [1.82, 2.24) is 0 Å². The molecule has 3 heteroatoms. The van der Waals surface area contributed by atoms with Crippen molar-refractivity contribution in [3.05, 3.63) is 29.8 Å². The van der Waals surface area contributed by atoms with Crippen molar-refractivity contribution >= 4 is 11.8 Å². The van der Waals surface area contributed by atoms with E-state index >= 15 is 0 Å². The van der Waals surface area contributed by atoms with Gasteiger partial charge in [-0.2, -0.15) is 0 Å². The second-order valence-corrected chi connectivity index (χ2v) is 7.55. The molecule has 2 aliphatic rings. The third kappa shape index (κ3) is 3.38. The van der Waals surface area contributed by atoms with Gasteiger partial charge in [-0.3, -0.25) is 0 Å². The first-order valence-corrected chi connectivity index (χ1v) is 8.77. The van der Waals surface area contributed by atoms with E-state index < -0.39 is 0 Å². The quantitative estimate of drug-likeness (QED) is 0.910. The molecule has 0 amide bonds. The van der Waals surface area contributed by atoms with Crippen LogP contribution in [0, 0.1) is 0 Å². The van der Waals surface area contributed by atoms with Gasteiger partial charge in [-0.1, -0.05) is 31.4 Å². The van der Waals surface area contributed by atoms with Gasteiger partial charge in [0, 0.05) is 23.3 Å². The number of thioether (sulfide) groups is 1. The molecule has 1 unspecified atom stereocenters. The molecule has 20 heavy (non-hydrogen) atoms. The molecular formula is C17H25NOS. The molecule has 1 aliphatic heterocycles. The molecule has 2 N–H and O–H groups in total. The first-order chi connectivity index (χ1) is 9.80. The van der Waals surface area contributed by atoms with Crippen LogP contribution in [-0.2, 0) is 11.3 Å². The second-order valence-electron chi connectivity index (χ2n) is 6.18. The summed E-state index contributed by atoms with van der Waals surface area (Å²) < 4.78 is 6.19. The number of hydrogen-bond acceptors (Lipinski definition) is 3. The summed E-state index contributed by atoms with van der Waals surface area (Å²) in [5.41, 5.74) is 7.17. The average molecular weight is 291 g/mol. The van der Waals surface area contributed by atoms with E-state index in [0.717, 1.165) is 6.61 Å². The maximum Gasteiger partial charge on any atom is 0.0693 e. The molecule has 1 atom stereocenters. The SMILES string of the molecule is NCc1cccc(SC2CCOC3(CCCCC3)C2)c1. The van der Waals surface area contributed by atoms with Crippen LogP contribution >= 0.6 is 11.8 Å². The zero-order valence-electron chi connectivity index (χ0n) is 12.1. The van der Waals surface area contributed by atoms with Gasteiger partial charge >= 0.3 is 0 Å². The van der Waals surface area contributed by atoms with Crippen molar-refractivity contribution in [2.75, 3.05) is 6.61 Å². The highest BCUT2D eigenvalue weighted by atomic mass is 32.2. The van der Waals surface area contributed by atoms with Crippen LogP contribution in [0.5, 0.6) is 0 Å². The van der Waals surface area contributed by atoms with Gasteiger partial charge in [-0.15, -0.1) is 11.8 Å². The lowest BCUT2D eigenvalue weighted by atomic mass is 9.80. The van der Waals surface area contributed by atoms with Gasteiger partial charge in [-0.05, 0) is 43.4 Å². The minimum atomic E-state index is 0.208. The third-order valence-corrected chi connectivity index (χ3v) is 5.91. The second kappa shape index (κ2) is 6.50. The summed E-state index contributed by atoms with van der Waals surface area (Å²) in [5.74, 6) is 0. The zero-order chi connectivity index (χ0) is 13.8. The normalized spacial score (nSPS) is 25.8. The van der Waals surface area contributed by atoms with Gasteiger partial charge in [0.1, 0.15) is 0 Å². The summed E-state index contributed by atoms with van der Waals surface area (Å²) >= 11 is 2.03. The minimum Gasteiger partial charge on any atom is -0.375 e. The number of hydrogen-bond donors (Lipinski definition) is 1. The highest BCUT2D eigenvalue weighted by molar-refractivity contribution is 8.00. The van der Waals surface area contributed by atoms with Gasteiger partial charge < -0.3 is 10.5 Å². The first kappa shape index (κ1) is 14.4. The largest absolute Gasteiger partial charge is 0.375 e. The predicted molar refractivity (Wildman–Crippen MR) is 85.0 cm³/mol. The Morgan fingerprint density at radius 2 is 2.10 bits per heavy atom. The van der Waals surface area contributed by atoms with Crippen molar-refractivity contribution in [3.8, 4) is 0 Å². The van der Waals surface area contributed by atoms with E-state index in [4.69, 9.17) is 10.5 Å². The zero-order valence-corrected chi connectivity index (χ0v) is 13.0. The highest BCUT2D eigenvalue weighted by Gasteiger charge is 2.38. The van der Waals surface area contributed by atoms with Crippen LogP contribution in [0.25, 0.3) is 0 Å². The number of ether oxygens (including phenoxy) is 1. The number of benzene rings is 1. The van der Waals surface area contributed by atoms with Gasteiger partial charge in [0.05, 0.1) is 5.60 Å². The fraction of sp³-hybridized carbons (Fsp3) is 0.647. The molecule has 0 aromatic heterocycles. The van der Waals surface area contributed by atoms with Crippen molar-refractivity contribution in [3.63, 3.8) is 0 Å². The smallest absolute Gasteiger partial charge is 0.0693 e. The Hall–Kier alpha value is -0.510. The summed E-state index contributed by atoms with van der Waals surface area (Å²) in [7, 11) is 0. The topological polar surface area (TPSA) is 35.2 Å². The van der Waals surface area contributed by atoms with E-state index in [1.165, 1.54) is 55.4 Å². The van der Waals surface area contributed by atoms with Crippen molar-refractivity contribution < 1.29 is 4.74 Å². The summed E-state index contributed by atoms with van der Waals surface area (Å²) in [6.07, 6.45) is 9.03. The first-order valence-electron chi connectivity index (χ1n) is 7.89. The van der Waals surface area contributed by atoms with E-state index in [1.54, 1.807) is 0 Å². The monoisotopic (exact) mass is 291 g/mol. The van der Waals surface area contributed by atoms with Gasteiger partial charge in [0.2, 0.25) is 0 Å². The molecule has 2 fully saturated rings. The molecular weight excluding hydrogens is 266 g/mol. The van der Waals surface area contributed by atoms with E-state index in [0.29, 0.717) is 11.8 Å². The molecule has 0 bridgehead atoms. The fourth-order valence-corrected chi connectivity index (χ4v) is 4.93. The minimum absolute atomic E-state index is 0.208. The van der Waals surface area contributed by atoms with Crippen LogP contribution in [-0.4, -0.2) is 17.5 Å². The summed E-state index contributed by atoms with van der Waals surface area (Å²) in [5, 5.41) is 0.704. The van der Waals surface area contributed by atoms with Crippen molar-refractivity contribution in [2.24, 2.45) is 5.73 Å². The van der Waals surface area contributed by atoms with Crippen LogP contribution < -0.4 is 5.73 Å². The lowest BCUT2D eigenvalue weighted by Gasteiger charge is -2.43. The third-order valence-electron chi connectivity index (χ3n) is 4.65. The van der Waals surface area contributed by atoms with Crippen LogP contribution in [0.1, 0.15) is 50.5 Å². The molecule has 1 aromatic rings. The van der Waals surface area contributed by atoms with Crippen LogP contribution in [0.4, 0.5) is 0 Å². The average Bonchev–Trinajstić information content (AvgIpc) is 2.48. The molecule has 1 aliphatic carbocycles. The Kier molecular flexibility index (Phi) is 4.69. The van der Waals surface area contributed by atoms with E-state index in [2.05, 4.69) is 24.3 Å². The molecule has 1 saturated heterocycles. The van der Waals surface area contributed by atoms with Gasteiger partial charge in [0.15, 0.2) is 0 Å². The van der Waals surface area contributed by atoms with Gasteiger partial charge in [-0.25, -0.2) is 0 Å². The summed E-state index contributed by atoms with van der Waals surface area (Å²) in [4.78, 5) is 1.37. The lowest BCUT2D eigenvalue weighted by molar-refractivity contribution is -0.0970. The van der Waals surface area contributed by atoms with Crippen LogP contribution in [0.3, 0.4) is 0 Å². The van der Waals surface area contributed by atoms with E-state index in [-0.39, 0.29) is 5.60 Å². The highest BCUT2D eigenvalue weighted by Crippen LogP contribution is 2.43. The van der Waals surface area contributed by atoms with Gasteiger partial charge in [0.25, 0.3) is 0 Å². The maximum atomic E-state index is 6.19. The standard InChI is InChI=1S/C17H25NOS/c18-13-14-5-4-6-15(11-14)20-16-7-10-19-17(12-16)8-2-1-3-9-17/h4-6,11,16H,1-3,7-10,12-13,18H2. The van der Waals surface area contributed by atoms with Crippen LogP contribution in [0.15, 0.2) is 29.2 Å². The Bertz CT molecular complexity index is 437. The van der Waals surface area contributed by atoms with E-state index in [9.17, 15) is 0 Å². The molecule has 3 rings (SSSR count). The van der Waals surface area contributed by atoms with Crippen molar-refractivity contribution in [1.29, 1.82) is 0 Å². The molecule has 110 valence electrons. The fourth-order valence-electron chi connectivity index (χ4n) is 3.57. The van der Waals surface area contributed by atoms with E-state index in [1.807, 2.05) is 11.8 Å². The molecule has 1 aromatic carbocycles. The Labute approximate surface area is 126 Å². The molecule has 2 nitrogen and oxygen atoms in total. The molecule has 1 heterocycles. The Morgan fingerprint density at radius 1 is 1.25 bits per heavy atom. The summed E-state index contributed by atoms with van der Waals surface area (Å²) in [6, 6.07) is 8.69. The Balaban J connectivity index is 1.64. The molecule has 0 radical (unpaired) electrons. The maximum absolute atomic E-state index is 6.19. The number of rotatable bonds is 3. The van der Waals surface area contributed by atoms with Crippen molar-refractivity contribution in [2.45, 2.75) is 67.2 Å². The molecule has 1 spiro atoms. The molecule has 1 saturated carbocycles. The Morgan fingerprint density at radius 3 is 2.90 bits per heavy atom.